The molecule has 0 bridgehead atoms. The summed E-state index contributed by atoms with van der Waals surface area (Å²) in [6, 6.07) is 6.58. The second-order valence-corrected chi connectivity index (χ2v) is 3.94. The summed E-state index contributed by atoms with van der Waals surface area (Å²) in [6.45, 7) is 2.16. The molecule has 0 aliphatic carbocycles. The Labute approximate surface area is 83.6 Å². The fourth-order valence-corrected chi connectivity index (χ4v) is 1.29. The maximum Gasteiger partial charge on any atom is 0.126 e. The molecular formula is C11H16FNO. The van der Waals surface area contributed by atoms with Gasteiger partial charge in [0.2, 0.25) is 0 Å². The third-order valence-electron chi connectivity index (χ3n) is 2.45. The van der Waals surface area contributed by atoms with Crippen molar-refractivity contribution in [3.8, 4) is 0 Å². The normalized spacial score (nSPS) is 15.1. The third kappa shape index (κ3) is 2.53. The van der Waals surface area contributed by atoms with Crippen molar-refractivity contribution < 1.29 is 9.50 Å². The lowest BCUT2D eigenvalue weighted by atomic mass is 9.84. The van der Waals surface area contributed by atoms with Crippen LogP contribution in [0.1, 0.15) is 12.5 Å². The summed E-state index contributed by atoms with van der Waals surface area (Å²) in [5.41, 5.74) is 5.71. The lowest BCUT2D eigenvalue weighted by Crippen LogP contribution is -2.33. The Balaban J connectivity index is 2.82. The van der Waals surface area contributed by atoms with E-state index in [4.69, 9.17) is 10.8 Å². The standard InChI is InChI=1S/C11H16FNO/c1-11(7-13,8-14)6-9-4-2-3-5-10(9)12/h2-5,14H,6-8,13H2,1H3. The summed E-state index contributed by atoms with van der Waals surface area (Å²) in [4.78, 5) is 0. The van der Waals surface area contributed by atoms with Gasteiger partial charge in [0, 0.05) is 18.6 Å². The minimum atomic E-state index is -0.428. The average molecular weight is 197 g/mol. The maximum absolute atomic E-state index is 13.3. The van der Waals surface area contributed by atoms with Crippen LogP contribution in [0, 0.1) is 11.2 Å². The van der Waals surface area contributed by atoms with Gasteiger partial charge in [-0.15, -0.1) is 0 Å². The molecule has 0 heterocycles. The minimum Gasteiger partial charge on any atom is -0.396 e. The summed E-state index contributed by atoms with van der Waals surface area (Å²) >= 11 is 0. The van der Waals surface area contributed by atoms with Crippen LogP contribution in [0.5, 0.6) is 0 Å². The number of aliphatic hydroxyl groups is 1. The maximum atomic E-state index is 13.3. The van der Waals surface area contributed by atoms with Gasteiger partial charge in [0.1, 0.15) is 5.82 Å². The summed E-state index contributed by atoms with van der Waals surface area (Å²) in [7, 11) is 0. The molecule has 0 radical (unpaired) electrons. The molecule has 1 aromatic rings. The van der Waals surface area contributed by atoms with Crippen molar-refractivity contribution >= 4 is 0 Å². The van der Waals surface area contributed by atoms with Gasteiger partial charge in [-0.2, -0.15) is 0 Å². The molecule has 3 N–H and O–H groups in total. The van der Waals surface area contributed by atoms with Crippen molar-refractivity contribution in [2.75, 3.05) is 13.2 Å². The van der Waals surface area contributed by atoms with Crippen LogP contribution in [-0.2, 0) is 6.42 Å². The smallest absolute Gasteiger partial charge is 0.126 e. The summed E-state index contributed by atoms with van der Waals surface area (Å²) in [5.74, 6) is -0.236. The van der Waals surface area contributed by atoms with E-state index in [1.165, 1.54) is 6.07 Å². The van der Waals surface area contributed by atoms with Gasteiger partial charge in [0.25, 0.3) is 0 Å². The zero-order valence-corrected chi connectivity index (χ0v) is 8.33. The number of halogens is 1. The minimum absolute atomic E-state index is 0.0299. The monoisotopic (exact) mass is 197 g/mol. The Morgan fingerprint density at radius 1 is 1.43 bits per heavy atom. The van der Waals surface area contributed by atoms with Gasteiger partial charge in [0.05, 0.1) is 0 Å². The van der Waals surface area contributed by atoms with Crippen molar-refractivity contribution in [2.45, 2.75) is 13.3 Å². The zero-order chi connectivity index (χ0) is 10.6. The van der Waals surface area contributed by atoms with Gasteiger partial charge in [-0.3, -0.25) is 0 Å². The van der Waals surface area contributed by atoms with E-state index in [1.807, 2.05) is 6.92 Å². The van der Waals surface area contributed by atoms with Crippen molar-refractivity contribution in [1.29, 1.82) is 0 Å². The summed E-state index contributed by atoms with van der Waals surface area (Å²) in [6.07, 6.45) is 0.465. The van der Waals surface area contributed by atoms with E-state index >= 15 is 0 Å². The summed E-state index contributed by atoms with van der Waals surface area (Å²) < 4.78 is 13.3. The van der Waals surface area contributed by atoms with E-state index in [-0.39, 0.29) is 12.4 Å². The molecule has 0 fully saturated rings. The van der Waals surface area contributed by atoms with E-state index in [2.05, 4.69) is 0 Å². The Morgan fingerprint density at radius 3 is 2.57 bits per heavy atom. The molecule has 0 aliphatic heterocycles. The van der Waals surface area contributed by atoms with Crippen LogP contribution in [-0.4, -0.2) is 18.3 Å². The first-order valence-corrected chi connectivity index (χ1v) is 4.66. The highest BCUT2D eigenvalue weighted by Gasteiger charge is 2.23. The van der Waals surface area contributed by atoms with Crippen LogP contribution in [0.3, 0.4) is 0 Å². The van der Waals surface area contributed by atoms with E-state index < -0.39 is 5.41 Å². The van der Waals surface area contributed by atoms with E-state index in [0.717, 1.165) is 0 Å². The van der Waals surface area contributed by atoms with Gasteiger partial charge < -0.3 is 10.8 Å². The number of hydrogen-bond donors (Lipinski definition) is 2. The highest BCUT2D eigenvalue weighted by molar-refractivity contribution is 5.18. The van der Waals surface area contributed by atoms with Crippen molar-refractivity contribution in [2.24, 2.45) is 11.1 Å². The molecule has 0 aliphatic rings. The SMILES string of the molecule is CC(CN)(CO)Cc1ccccc1F. The van der Waals surface area contributed by atoms with Crippen molar-refractivity contribution in [3.63, 3.8) is 0 Å². The van der Waals surface area contributed by atoms with E-state index in [9.17, 15) is 4.39 Å². The molecule has 14 heavy (non-hydrogen) atoms. The van der Waals surface area contributed by atoms with Crippen LogP contribution in [0.25, 0.3) is 0 Å². The van der Waals surface area contributed by atoms with Crippen molar-refractivity contribution in [3.05, 3.63) is 35.6 Å². The molecule has 1 atom stereocenters. The molecule has 1 aromatic carbocycles. The Kier molecular flexibility index (Phi) is 3.61. The first-order valence-electron chi connectivity index (χ1n) is 4.66. The van der Waals surface area contributed by atoms with Gasteiger partial charge in [-0.05, 0) is 18.1 Å². The Bertz CT molecular complexity index is 297. The van der Waals surface area contributed by atoms with Crippen LogP contribution in [0.4, 0.5) is 4.39 Å². The van der Waals surface area contributed by atoms with Crippen LogP contribution >= 0.6 is 0 Å². The molecule has 1 rings (SSSR count). The number of hydrogen-bond acceptors (Lipinski definition) is 2. The molecule has 78 valence electrons. The van der Waals surface area contributed by atoms with Crippen LogP contribution in [0.2, 0.25) is 0 Å². The predicted octanol–water partition coefficient (Wildman–Crippen LogP) is 1.33. The van der Waals surface area contributed by atoms with E-state index in [0.29, 0.717) is 18.5 Å². The number of benzene rings is 1. The first kappa shape index (κ1) is 11.1. The van der Waals surface area contributed by atoms with E-state index in [1.54, 1.807) is 18.2 Å². The molecule has 0 saturated carbocycles. The average Bonchev–Trinajstić information content (AvgIpc) is 2.21. The second kappa shape index (κ2) is 4.53. The molecular weight excluding hydrogens is 181 g/mol. The third-order valence-corrected chi connectivity index (χ3v) is 2.45. The highest BCUT2D eigenvalue weighted by atomic mass is 19.1. The first-order chi connectivity index (χ1) is 6.61. The van der Waals surface area contributed by atoms with Gasteiger partial charge in [0.15, 0.2) is 0 Å². The van der Waals surface area contributed by atoms with Crippen molar-refractivity contribution in [1.82, 2.24) is 0 Å². The predicted molar refractivity (Wildman–Crippen MR) is 54.4 cm³/mol. The fraction of sp³-hybridized carbons (Fsp3) is 0.455. The topological polar surface area (TPSA) is 46.2 Å². The highest BCUT2D eigenvalue weighted by Crippen LogP contribution is 2.22. The number of rotatable bonds is 4. The Hall–Kier alpha value is -0.930. The molecule has 0 amide bonds. The van der Waals surface area contributed by atoms with Crippen LogP contribution < -0.4 is 5.73 Å². The van der Waals surface area contributed by atoms with Crippen LogP contribution in [0.15, 0.2) is 24.3 Å². The second-order valence-electron chi connectivity index (χ2n) is 3.94. The zero-order valence-electron chi connectivity index (χ0n) is 8.33. The lowest BCUT2D eigenvalue weighted by Gasteiger charge is -2.25. The molecule has 3 heteroatoms. The fourth-order valence-electron chi connectivity index (χ4n) is 1.29. The van der Waals surface area contributed by atoms with Gasteiger partial charge in [-0.25, -0.2) is 4.39 Å². The lowest BCUT2D eigenvalue weighted by molar-refractivity contribution is 0.148. The number of aliphatic hydroxyl groups excluding tert-OH is 1. The molecule has 2 nitrogen and oxygen atoms in total. The molecule has 0 spiro atoms. The Morgan fingerprint density at radius 2 is 2.07 bits per heavy atom. The van der Waals surface area contributed by atoms with Gasteiger partial charge in [-0.1, -0.05) is 25.1 Å². The molecule has 0 saturated heterocycles. The molecule has 1 unspecified atom stereocenters. The molecule has 0 aromatic heterocycles. The quantitative estimate of drug-likeness (QED) is 0.764. The summed E-state index contributed by atoms with van der Waals surface area (Å²) in [5, 5.41) is 9.14. The number of nitrogens with two attached hydrogens (primary N) is 1. The largest absolute Gasteiger partial charge is 0.396 e. The van der Waals surface area contributed by atoms with Gasteiger partial charge >= 0.3 is 0 Å².